The fraction of sp³-hybridized carbons (Fsp3) is 0.143. The molecule has 0 aliphatic rings. The fourth-order valence-corrected chi connectivity index (χ4v) is 1.64. The van der Waals surface area contributed by atoms with Crippen molar-refractivity contribution in [2.45, 2.75) is 6.92 Å². The number of carbonyl (C=O) groups is 2. The monoisotopic (exact) mass is 305 g/mol. The summed E-state index contributed by atoms with van der Waals surface area (Å²) in [5.41, 5.74) is 1.21. The topological polar surface area (TPSA) is 81.2 Å². The average Bonchev–Trinajstić information content (AvgIpc) is 2.47. The number of pyridine rings is 2. The number of nitrogens with one attached hydrogen (secondary N) is 1. The van der Waals surface area contributed by atoms with Crippen LogP contribution in [0, 0.1) is 6.92 Å². The van der Waals surface area contributed by atoms with Crippen molar-refractivity contribution in [2.75, 3.05) is 11.9 Å². The van der Waals surface area contributed by atoms with Gasteiger partial charge in [0, 0.05) is 12.4 Å². The Morgan fingerprint density at radius 3 is 2.76 bits per heavy atom. The van der Waals surface area contributed by atoms with E-state index in [4.69, 9.17) is 16.3 Å². The average molecular weight is 306 g/mol. The van der Waals surface area contributed by atoms with Gasteiger partial charge in [-0.25, -0.2) is 14.8 Å². The molecule has 0 aliphatic heterocycles. The summed E-state index contributed by atoms with van der Waals surface area (Å²) in [5, 5.41) is 2.70. The van der Waals surface area contributed by atoms with Gasteiger partial charge in [0.15, 0.2) is 6.61 Å². The van der Waals surface area contributed by atoms with E-state index in [1.807, 2.05) is 13.0 Å². The zero-order valence-corrected chi connectivity index (χ0v) is 11.9. The summed E-state index contributed by atoms with van der Waals surface area (Å²) >= 11 is 5.67. The molecule has 2 aromatic heterocycles. The van der Waals surface area contributed by atoms with Crippen LogP contribution in [-0.4, -0.2) is 28.5 Å². The Morgan fingerprint density at radius 1 is 1.29 bits per heavy atom. The number of esters is 1. The minimum Gasteiger partial charge on any atom is -0.452 e. The van der Waals surface area contributed by atoms with E-state index in [9.17, 15) is 9.59 Å². The Labute approximate surface area is 126 Å². The Hall–Kier alpha value is -2.47. The molecular formula is C14H12ClN3O3. The zero-order valence-electron chi connectivity index (χ0n) is 11.2. The van der Waals surface area contributed by atoms with E-state index in [-0.39, 0.29) is 10.7 Å². The fourth-order valence-electron chi connectivity index (χ4n) is 1.46. The molecule has 7 heteroatoms. The van der Waals surface area contributed by atoms with Crippen LogP contribution in [0.2, 0.25) is 5.15 Å². The van der Waals surface area contributed by atoms with Crippen LogP contribution in [0.25, 0.3) is 0 Å². The van der Waals surface area contributed by atoms with Crippen molar-refractivity contribution in [3.05, 3.63) is 52.9 Å². The largest absolute Gasteiger partial charge is 0.452 e. The Bertz CT molecular complexity index is 659. The summed E-state index contributed by atoms with van der Waals surface area (Å²) in [6, 6.07) is 6.29. The molecule has 2 rings (SSSR count). The number of nitrogens with zero attached hydrogens (tertiary/aromatic N) is 2. The van der Waals surface area contributed by atoms with Crippen LogP contribution in [0.5, 0.6) is 0 Å². The number of carbonyl (C=O) groups excluding carboxylic acids is 2. The first-order valence-corrected chi connectivity index (χ1v) is 6.43. The van der Waals surface area contributed by atoms with Crippen LogP contribution in [-0.2, 0) is 9.53 Å². The van der Waals surface area contributed by atoms with Gasteiger partial charge in [0.25, 0.3) is 5.91 Å². The lowest BCUT2D eigenvalue weighted by molar-refractivity contribution is -0.119. The maximum absolute atomic E-state index is 11.7. The molecule has 2 heterocycles. The molecule has 1 amide bonds. The first-order chi connectivity index (χ1) is 10.0. The summed E-state index contributed by atoms with van der Waals surface area (Å²) in [4.78, 5) is 31.1. The number of aromatic nitrogens is 2. The van der Waals surface area contributed by atoms with Gasteiger partial charge in [-0.2, -0.15) is 0 Å². The van der Waals surface area contributed by atoms with E-state index < -0.39 is 18.5 Å². The summed E-state index contributed by atoms with van der Waals surface area (Å²) in [6.07, 6.45) is 3.01. The van der Waals surface area contributed by atoms with Crippen molar-refractivity contribution >= 4 is 29.3 Å². The van der Waals surface area contributed by atoms with E-state index in [2.05, 4.69) is 15.3 Å². The molecule has 108 valence electrons. The third-order valence-electron chi connectivity index (χ3n) is 2.48. The third kappa shape index (κ3) is 4.54. The van der Waals surface area contributed by atoms with Crippen LogP contribution >= 0.6 is 11.6 Å². The first kappa shape index (κ1) is 14.9. The van der Waals surface area contributed by atoms with Gasteiger partial charge in [-0.3, -0.25) is 4.79 Å². The van der Waals surface area contributed by atoms with Gasteiger partial charge in [-0.15, -0.1) is 0 Å². The van der Waals surface area contributed by atoms with Crippen molar-refractivity contribution in [1.29, 1.82) is 0 Å². The highest BCUT2D eigenvalue weighted by Gasteiger charge is 2.11. The van der Waals surface area contributed by atoms with Crippen molar-refractivity contribution < 1.29 is 14.3 Å². The molecule has 1 N–H and O–H groups in total. The molecular weight excluding hydrogens is 294 g/mol. The number of aryl methyl sites for hydroxylation is 1. The van der Waals surface area contributed by atoms with Gasteiger partial charge in [0.2, 0.25) is 0 Å². The number of anilines is 1. The van der Waals surface area contributed by atoms with Crippen molar-refractivity contribution in [1.82, 2.24) is 9.97 Å². The van der Waals surface area contributed by atoms with Crippen molar-refractivity contribution in [3.63, 3.8) is 0 Å². The second-order valence-corrected chi connectivity index (χ2v) is 4.60. The molecule has 6 nitrogen and oxygen atoms in total. The number of hydrogen-bond donors (Lipinski definition) is 1. The summed E-state index contributed by atoms with van der Waals surface area (Å²) < 4.78 is 4.88. The highest BCUT2D eigenvalue weighted by molar-refractivity contribution is 6.29. The molecule has 0 radical (unpaired) electrons. The number of hydrogen-bond acceptors (Lipinski definition) is 5. The second kappa shape index (κ2) is 6.81. The minimum atomic E-state index is -0.647. The third-order valence-corrected chi connectivity index (χ3v) is 2.68. The molecule has 0 spiro atoms. The lowest BCUT2D eigenvalue weighted by Gasteiger charge is -2.06. The highest BCUT2D eigenvalue weighted by atomic mass is 35.5. The zero-order chi connectivity index (χ0) is 15.2. The Morgan fingerprint density at radius 2 is 2.10 bits per heavy atom. The van der Waals surface area contributed by atoms with E-state index in [1.54, 1.807) is 12.3 Å². The van der Waals surface area contributed by atoms with Crippen molar-refractivity contribution in [2.24, 2.45) is 0 Å². The smallest absolute Gasteiger partial charge is 0.338 e. The van der Waals surface area contributed by atoms with E-state index in [1.165, 1.54) is 18.3 Å². The number of rotatable bonds is 4. The molecule has 0 aliphatic carbocycles. The molecule has 0 bridgehead atoms. The maximum atomic E-state index is 11.7. The molecule has 0 fully saturated rings. The predicted octanol–water partition coefficient (Wildman–Crippen LogP) is 2.23. The van der Waals surface area contributed by atoms with Crippen LogP contribution in [0.3, 0.4) is 0 Å². The first-order valence-electron chi connectivity index (χ1n) is 6.06. The van der Waals surface area contributed by atoms with Crippen LogP contribution in [0.1, 0.15) is 15.9 Å². The molecule has 21 heavy (non-hydrogen) atoms. The molecule has 0 saturated carbocycles. The van der Waals surface area contributed by atoms with Gasteiger partial charge in [-0.1, -0.05) is 17.7 Å². The second-order valence-electron chi connectivity index (χ2n) is 4.21. The number of halogens is 1. The SMILES string of the molecule is Cc1ccc(NC(=O)COC(=O)c2ccnc(Cl)c2)nc1. The summed E-state index contributed by atoms with van der Waals surface area (Å²) in [6.45, 7) is 1.48. The van der Waals surface area contributed by atoms with E-state index in [0.29, 0.717) is 5.82 Å². The minimum absolute atomic E-state index is 0.178. The predicted molar refractivity (Wildman–Crippen MR) is 77.1 cm³/mol. The van der Waals surface area contributed by atoms with Crippen molar-refractivity contribution in [3.8, 4) is 0 Å². The molecule has 0 atom stereocenters. The highest BCUT2D eigenvalue weighted by Crippen LogP contribution is 2.08. The van der Waals surface area contributed by atoms with Crippen LogP contribution in [0.15, 0.2) is 36.7 Å². The normalized spacial score (nSPS) is 10.0. The molecule has 2 aromatic rings. The molecule has 0 saturated heterocycles. The van der Waals surface area contributed by atoms with Gasteiger partial charge in [0.05, 0.1) is 5.56 Å². The Kier molecular flexibility index (Phi) is 4.84. The molecule has 0 unspecified atom stereocenters. The Balaban J connectivity index is 1.86. The van der Waals surface area contributed by atoms with Gasteiger partial charge in [0.1, 0.15) is 11.0 Å². The number of ether oxygens (including phenoxy) is 1. The van der Waals surface area contributed by atoms with E-state index >= 15 is 0 Å². The van der Waals surface area contributed by atoms with E-state index in [0.717, 1.165) is 5.56 Å². The maximum Gasteiger partial charge on any atom is 0.338 e. The lowest BCUT2D eigenvalue weighted by atomic mass is 10.3. The van der Waals surface area contributed by atoms with Crippen LogP contribution in [0.4, 0.5) is 5.82 Å². The van der Waals surface area contributed by atoms with Gasteiger partial charge < -0.3 is 10.1 Å². The van der Waals surface area contributed by atoms with Gasteiger partial charge >= 0.3 is 5.97 Å². The molecule has 0 aromatic carbocycles. The van der Waals surface area contributed by atoms with Gasteiger partial charge in [-0.05, 0) is 30.7 Å². The number of amides is 1. The lowest BCUT2D eigenvalue weighted by Crippen LogP contribution is -2.21. The quantitative estimate of drug-likeness (QED) is 0.692. The van der Waals surface area contributed by atoms with Crippen LogP contribution < -0.4 is 5.32 Å². The standard InChI is InChI=1S/C14H12ClN3O3/c1-9-2-3-12(17-7-9)18-13(19)8-21-14(20)10-4-5-16-11(15)6-10/h2-7H,8H2,1H3,(H,17,18,19). The summed E-state index contributed by atoms with van der Waals surface area (Å²) in [7, 11) is 0. The summed E-state index contributed by atoms with van der Waals surface area (Å²) in [5.74, 6) is -0.722.